The van der Waals surface area contributed by atoms with Gasteiger partial charge in [-0.15, -0.1) is 0 Å². The average molecular weight is 163 g/mol. The molecule has 0 bridgehead atoms. The van der Waals surface area contributed by atoms with Crippen LogP contribution in [0.3, 0.4) is 0 Å². The normalized spacial score (nSPS) is 11.2. The molecule has 10 heavy (non-hydrogen) atoms. The van der Waals surface area contributed by atoms with E-state index in [2.05, 4.69) is 12.2 Å². The molecule has 0 amide bonds. The Bertz CT molecular complexity index is 131. The summed E-state index contributed by atoms with van der Waals surface area (Å²) in [5.41, 5.74) is 4.30. The van der Waals surface area contributed by atoms with Crippen LogP contribution in [0.2, 0.25) is 0 Å². The van der Waals surface area contributed by atoms with Crippen LogP contribution in [0.1, 0.15) is 13.8 Å². The van der Waals surface area contributed by atoms with Gasteiger partial charge in [-0.05, 0) is 26.1 Å². The van der Waals surface area contributed by atoms with E-state index in [9.17, 15) is 5.11 Å². The van der Waals surface area contributed by atoms with Gasteiger partial charge in [0.2, 0.25) is 0 Å². The van der Waals surface area contributed by atoms with Crippen molar-refractivity contribution in [2.75, 3.05) is 6.54 Å². The van der Waals surface area contributed by atoms with Crippen molar-refractivity contribution < 1.29 is 5.11 Å². The number of thiocarbonyl (C=S) groups is 1. The first-order chi connectivity index (χ1) is 4.33. The second kappa shape index (κ2) is 3.14. The molecule has 0 saturated carbocycles. The van der Waals surface area contributed by atoms with E-state index in [0.29, 0.717) is 0 Å². The van der Waals surface area contributed by atoms with E-state index in [1.54, 1.807) is 13.8 Å². The molecule has 0 saturated heterocycles. The van der Waals surface area contributed by atoms with Gasteiger partial charge in [0.05, 0.1) is 12.1 Å². The number of aliphatic hydroxyl groups is 1. The van der Waals surface area contributed by atoms with Crippen molar-refractivity contribution in [1.82, 2.24) is 5.01 Å². The molecule has 0 fully saturated rings. The fraction of sp³-hybridized carbons (Fsp3) is 0.800. The van der Waals surface area contributed by atoms with Gasteiger partial charge in [-0.3, -0.25) is 5.01 Å². The van der Waals surface area contributed by atoms with Crippen LogP contribution in [-0.2, 0) is 0 Å². The zero-order chi connectivity index (χ0) is 8.36. The highest BCUT2D eigenvalue weighted by atomic mass is 32.1. The van der Waals surface area contributed by atoms with E-state index in [0.717, 1.165) is 5.01 Å². The van der Waals surface area contributed by atoms with E-state index >= 15 is 0 Å². The molecule has 0 heterocycles. The lowest BCUT2D eigenvalue weighted by molar-refractivity contribution is 0.0565. The van der Waals surface area contributed by atoms with Gasteiger partial charge in [-0.1, -0.05) is 0 Å². The lowest BCUT2D eigenvalue weighted by Crippen LogP contribution is -2.48. The number of nitrogens with zero attached hydrogens (tertiary/aromatic N) is 1. The monoisotopic (exact) mass is 163 g/mol. The summed E-state index contributed by atoms with van der Waals surface area (Å²) in [5.74, 6) is 5.31. The fourth-order valence-electron chi connectivity index (χ4n) is 0.495. The lowest BCUT2D eigenvalue weighted by Gasteiger charge is -2.24. The molecule has 0 atom stereocenters. The standard InChI is InChI=1S/C5H13N3OS/c1-5(2,9)3-8(7)4(6)10/h9H,3,7H2,1-2H3,(H2,6,10). The largest absolute Gasteiger partial charge is 0.389 e. The average Bonchev–Trinajstić information content (AvgIpc) is 1.60. The molecule has 0 radical (unpaired) electrons. The second-order valence-electron chi connectivity index (χ2n) is 2.78. The number of rotatable bonds is 2. The van der Waals surface area contributed by atoms with Crippen LogP contribution in [0.25, 0.3) is 0 Å². The van der Waals surface area contributed by atoms with Gasteiger partial charge < -0.3 is 10.8 Å². The predicted octanol–water partition coefficient (Wildman–Crippen LogP) is -0.823. The molecule has 0 aliphatic heterocycles. The summed E-state index contributed by atoms with van der Waals surface area (Å²) in [6.07, 6.45) is 0. The summed E-state index contributed by atoms with van der Waals surface area (Å²) in [6.45, 7) is 3.50. The van der Waals surface area contributed by atoms with Crippen LogP contribution in [0.4, 0.5) is 0 Å². The first kappa shape index (κ1) is 9.61. The summed E-state index contributed by atoms with van der Waals surface area (Å²) in [7, 11) is 0. The Hall–Kier alpha value is -0.390. The second-order valence-corrected chi connectivity index (χ2v) is 3.20. The number of hydrogen-bond donors (Lipinski definition) is 3. The van der Waals surface area contributed by atoms with Gasteiger partial charge >= 0.3 is 0 Å². The molecule has 0 aromatic carbocycles. The summed E-state index contributed by atoms with van der Waals surface area (Å²) in [6, 6.07) is 0. The first-order valence-corrected chi connectivity index (χ1v) is 3.28. The Morgan fingerprint density at radius 1 is 1.70 bits per heavy atom. The van der Waals surface area contributed by atoms with Crippen molar-refractivity contribution in [2.24, 2.45) is 11.6 Å². The maximum absolute atomic E-state index is 9.20. The van der Waals surface area contributed by atoms with Crippen LogP contribution in [0.5, 0.6) is 0 Å². The Kier molecular flexibility index (Phi) is 3.01. The Labute approximate surface area is 65.8 Å². The molecule has 0 spiro atoms. The third-order valence-electron chi connectivity index (χ3n) is 0.840. The maximum Gasteiger partial charge on any atom is 0.180 e. The highest BCUT2D eigenvalue weighted by Gasteiger charge is 2.16. The van der Waals surface area contributed by atoms with E-state index < -0.39 is 5.60 Å². The van der Waals surface area contributed by atoms with Crippen LogP contribution >= 0.6 is 12.2 Å². The number of hydrogen-bond acceptors (Lipinski definition) is 3. The van der Waals surface area contributed by atoms with E-state index in [4.69, 9.17) is 11.6 Å². The van der Waals surface area contributed by atoms with Crippen LogP contribution in [-0.4, -0.2) is 27.4 Å². The lowest BCUT2D eigenvalue weighted by atomic mass is 10.1. The SMILES string of the molecule is CC(C)(O)CN(N)C(N)=S. The quantitative estimate of drug-likeness (QED) is 0.282. The van der Waals surface area contributed by atoms with E-state index in [1.807, 2.05) is 0 Å². The molecule has 60 valence electrons. The third kappa shape index (κ3) is 4.49. The molecule has 4 nitrogen and oxygen atoms in total. The topological polar surface area (TPSA) is 75.5 Å². The van der Waals surface area contributed by atoms with Crippen LogP contribution < -0.4 is 11.6 Å². The molecule has 5 heteroatoms. The molecule has 0 aliphatic carbocycles. The highest BCUT2D eigenvalue weighted by molar-refractivity contribution is 7.80. The van der Waals surface area contributed by atoms with Gasteiger partial charge in [0.15, 0.2) is 5.11 Å². The van der Waals surface area contributed by atoms with Gasteiger partial charge in [0, 0.05) is 0 Å². The molecular formula is C5H13N3OS. The Morgan fingerprint density at radius 3 is 2.20 bits per heavy atom. The van der Waals surface area contributed by atoms with Crippen LogP contribution in [0.15, 0.2) is 0 Å². The molecular weight excluding hydrogens is 150 g/mol. The molecule has 0 unspecified atom stereocenters. The van der Waals surface area contributed by atoms with Crippen molar-refractivity contribution in [3.8, 4) is 0 Å². The molecule has 0 aromatic heterocycles. The Morgan fingerprint density at radius 2 is 2.10 bits per heavy atom. The summed E-state index contributed by atoms with van der Waals surface area (Å²) in [5, 5.41) is 10.4. The fourth-order valence-corrected chi connectivity index (χ4v) is 0.559. The van der Waals surface area contributed by atoms with Gasteiger partial charge in [-0.25, -0.2) is 5.84 Å². The van der Waals surface area contributed by atoms with Crippen molar-refractivity contribution in [3.05, 3.63) is 0 Å². The molecule has 0 aromatic rings. The maximum atomic E-state index is 9.20. The highest BCUT2D eigenvalue weighted by Crippen LogP contribution is 2.00. The van der Waals surface area contributed by atoms with Gasteiger partial charge in [-0.2, -0.15) is 0 Å². The summed E-state index contributed by atoms with van der Waals surface area (Å²) < 4.78 is 0. The smallest absolute Gasteiger partial charge is 0.180 e. The minimum absolute atomic E-state index is 0.0853. The minimum atomic E-state index is -0.863. The van der Waals surface area contributed by atoms with Gasteiger partial charge in [0.25, 0.3) is 0 Å². The Balaban J connectivity index is 3.80. The summed E-state index contributed by atoms with van der Waals surface area (Å²) >= 11 is 4.55. The van der Waals surface area contributed by atoms with Crippen molar-refractivity contribution in [2.45, 2.75) is 19.4 Å². The van der Waals surface area contributed by atoms with Gasteiger partial charge in [0.1, 0.15) is 0 Å². The van der Waals surface area contributed by atoms with Crippen molar-refractivity contribution in [1.29, 1.82) is 0 Å². The molecule has 0 rings (SSSR count). The number of nitrogens with two attached hydrogens (primary N) is 2. The third-order valence-corrected chi connectivity index (χ3v) is 1.07. The van der Waals surface area contributed by atoms with Crippen molar-refractivity contribution in [3.63, 3.8) is 0 Å². The van der Waals surface area contributed by atoms with Crippen molar-refractivity contribution >= 4 is 17.3 Å². The van der Waals surface area contributed by atoms with E-state index in [1.165, 1.54) is 0 Å². The minimum Gasteiger partial charge on any atom is -0.389 e. The zero-order valence-corrected chi connectivity index (χ0v) is 6.98. The van der Waals surface area contributed by atoms with E-state index in [-0.39, 0.29) is 11.7 Å². The molecule has 5 N–H and O–H groups in total. The predicted molar refractivity (Wildman–Crippen MR) is 44.0 cm³/mol. The summed E-state index contributed by atoms with van der Waals surface area (Å²) in [4.78, 5) is 0. The molecule has 0 aliphatic rings. The first-order valence-electron chi connectivity index (χ1n) is 2.87. The number of hydrazine groups is 1. The van der Waals surface area contributed by atoms with Crippen LogP contribution in [0, 0.1) is 0 Å². The zero-order valence-electron chi connectivity index (χ0n) is 6.16.